The van der Waals surface area contributed by atoms with Crippen molar-refractivity contribution in [1.82, 2.24) is 9.97 Å². The van der Waals surface area contributed by atoms with Gasteiger partial charge >= 0.3 is 6.01 Å². The van der Waals surface area contributed by atoms with Crippen LogP contribution in [-0.4, -0.2) is 15.9 Å². The largest absolute Gasteiger partial charge is 0.424 e. The summed E-state index contributed by atoms with van der Waals surface area (Å²) in [6.45, 7) is 2.00. The van der Waals surface area contributed by atoms with Crippen LogP contribution < -0.4 is 10.1 Å². The summed E-state index contributed by atoms with van der Waals surface area (Å²) in [5, 5.41) is 2.88. The summed E-state index contributed by atoms with van der Waals surface area (Å²) < 4.78 is 18.5. The number of hydrogen-bond donors (Lipinski definition) is 1. The number of benzene rings is 3. The molecule has 0 fully saturated rings. The minimum atomic E-state index is -0.338. The molecule has 1 N–H and O–H groups in total. The molecule has 3 aromatic carbocycles. The Morgan fingerprint density at radius 3 is 2.10 bits per heavy atom. The normalized spacial score (nSPS) is 10.5. The van der Waals surface area contributed by atoms with Crippen LogP contribution in [0.5, 0.6) is 11.8 Å². The number of aryl methyl sites for hydroxylation is 1. The first-order valence-corrected chi connectivity index (χ1v) is 9.31. The molecule has 1 heterocycles. The highest BCUT2D eigenvalue weighted by Gasteiger charge is 2.08. The van der Waals surface area contributed by atoms with Crippen molar-refractivity contribution in [3.05, 3.63) is 102 Å². The van der Waals surface area contributed by atoms with Gasteiger partial charge in [0, 0.05) is 29.2 Å². The van der Waals surface area contributed by atoms with Crippen LogP contribution in [0.2, 0.25) is 0 Å². The van der Waals surface area contributed by atoms with Crippen molar-refractivity contribution in [2.24, 2.45) is 0 Å². The van der Waals surface area contributed by atoms with Gasteiger partial charge in [0.1, 0.15) is 11.6 Å². The second-order valence-electron chi connectivity index (χ2n) is 6.71. The topological polar surface area (TPSA) is 64.1 Å². The first-order valence-electron chi connectivity index (χ1n) is 9.31. The molecule has 1 amide bonds. The standard InChI is InChI=1S/C24H18FN3O2/c1-16-2-10-21(11-3-16)28-23(29)18-6-4-17(5-7-18)19-14-26-24(27-15-19)30-22-12-8-20(25)9-13-22/h2-15H,1H3,(H,28,29). The monoisotopic (exact) mass is 399 g/mol. The molecule has 4 rings (SSSR count). The number of nitrogens with one attached hydrogen (secondary N) is 1. The van der Waals surface area contributed by atoms with Crippen molar-refractivity contribution < 1.29 is 13.9 Å². The molecule has 0 radical (unpaired) electrons. The minimum Gasteiger partial charge on any atom is -0.424 e. The van der Waals surface area contributed by atoms with Gasteiger partial charge in [0.05, 0.1) is 0 Å². The van der Waals surface area contributed by atoms with Crippen LogP contribution in [-0.2, 0) is 0 Å². The maximum atomic E-state index is 13.0. The molecule has 0 aliphatic carbocycles. The summed E-state index contributed by atoms with van der Waals surface area (Å²) in [6, 6.07) is 20.6. The van der Waals surface area contributed by atoms with Crippen LogP contribution in [0.3, 0.4) is 0 Å². The van der Waals surface area contributed by atoms with Gasteiger partial charge in [-0.2, -0.15) is 0 Å². The zero-order valence-electron chi connectivity index (χ0n) is 16.2. The average molecular weight is 399 g/mol. The number of aromatic nitrogens is 2. The zero-order chi connectivity index (χ0) is 20.9. The van der Waals surface area contributed by atoms with E-state index in [0.29, 0.717) is 11.3 Å². The lowest BCUT2D eigenvalue weighted by molar-refractivity contribution is 0.102. The van der Waals surface area contributed by atoms with Gasteiger partial charge in [0.15, 0.2) is 0 Å². The van der Waals surface area contributed by atoms with E-state index in [1.807, 2.05) is 43.3 Å². The van der Waals surface area contributed by atoms with Crippen LogP contribution in [0.4, 0.5) is 10.1 Å². The van der Waals surface area contributed by atoms with Crippen molar-refractivity contribution in [2.75, 3.05) is 5.32 Å². The Kier molecular flexibility index (Phi) is 5.48. The molecule has 0 bridgehead atoms. The van der Waals surface area contributed by atoms with E-state index in [1.165, 1.54) is 24.3 Å². The van der Waals surface area contributed by atoms with Gasteiger partial charge in [-0.1, -0.05) is 29.8 Å². The lowest BCUT2D eigenvalue weighted by Crippen LogP contribution is -2.11. The smallest absolute Gasteiger partial charge is 0.321 e. The summed E-state index contributed by atoms with van der Waals surface area (Å²) in [5.41, 5.74) is 4.09. The Hall–Kier alpha value is -4.06. The Balaban J connectivity index is 1.42. The Morgan fingerprint density at radius 2 is 1.47 bits per heavy atom. The molecular formula is C24H18FN3O2. The van der Waals surface area contributed by atoms with E-state index >= 15 is 0 Å². The lowest BCUT2D eigenvalue weighted by Gasteiger charge is -2.07. The molecule has 30 heavy (non-hydrogen) atoms. The SMILES string of the molecule is Cc1ccc(NC(=O)c2ccc(-c3cnc(Oc4ccc(F)cc4)nc3)cc2)cc1. The highest BCUT2D eigenvalue weighted by Crippen LogP contribution is 2.22. The number of amides is 1. The fourth-order valence-corrected chi connectivity index (χ4v) is 2.78. The van der Waals surface area contributed by atoms with Crippen LogP contribution in [0.15, 0.2) is 85.2 Å². The highest BCUT2D eigenvalue weighted by atomic mass is 19.1. The molecule has 5 nitrogen and oxygen atoms in total. The van der Waals surface area contributed by atoms with Crippen molar-refractivity contribution in [3.8, 4) is 22.9 Å². The van der Waals surface area contributed by atoms with Crippen LogP contribution >= 0.6 is 0 Å². The Bertz CT molecular complexity index is 1140. The van der Waals surface area contributed by atoms with E-state index in [4.69, 9.17) is 4.74 Å². The second-order valence-corrected chi connectivity index (χ2v) is 6.71. The Labute approximate surface area is 173 Å². The van der Waals surface area contributed by atoms with Crippen LogP contribution in [0, 0.1) is 12.7 Å². The molecule has 0 spiro atoms. The van der Waals surface area contributed by atoms with E-state index in [2.05, 4.69) is 15.3 Å². The fourth-order valence-electron chi connectivity index (χ4n) is 2.78. The first kappa shape index (κ1) is 19.3. The summed E-state index contributed by atoms with van der Waals surface area (Å²) in [7, 11) is 0. The summed E-state index contributed by atoms with van der Waals surface area (Å²) in [5.74, 6) is -0.0626. The molecule has 0 atom stereocenters. The third-order valence-corrected chi connectivity index (χ3v) is 4.44. The zero-order valence-corrected chi connectivity index (χ0v) is 16.2. The van der Waals surface area contributed by atoms with E-state index in [1.54, 1.807) is 24.5 Å². The molecule has 1 aromatic heterocycles. The van der Waals surface area contributed by atoms with Crippen molar-refractivity contribution >= 4 is 11.6 Å². The molecule has 0 saturated carbocycles. The Morgan fingerprint density at radius 1 is 0.833 bits per heavy atom. The quantitative estimate of drug-likeness (QED) is 0.472. The molecular weight excluding hydrogens is 381 g/mol. The maximum absolute atomic E-state index is 13.0. The number of carbonyl (C=O) groups is 1. The summed E-state index contributed by atoms with van der Waals surface area (Å²) in [6.07, 6.45) is 3.26. The van der Waals surface area contributed by atoms with Gasteiger partial charge < -0.3 is 10.1 Å². The number of ether oxygens (including phenoxy) is 1. The summed E-state index contributed by atoms with van der Waals surface area (Å²) in [4.78, 5) is 20.8. The minimum absolute atomic E-state index is 0.166. The molecule has 0 aliphatic heterocycles. The first-order chi connectivity index (χ1) is 14.6. The second kappa shape index (κ2) is 8.53. The molecule has 4 aromatic rings. The molecule has 148 valence electrons. The third kappa shape index (κ3) is 4.67. The van der Waals surface area contributed by atoms with E-state index in [-0.39, 0.29) is 17.7 Å². The van der Waals surface area contributed by atoms with Crippen molar-refractivity contribution in [3.63, 3.8) is 0 Å². The van der Waals surface area contributed by atoms with Crippen LogP contribution in [0.1, 0.15) is 15.9 Å². The lowest BCUT2D eigenvalue weighted by atomic mass is 10.1. The van der Waals surface area contributed by atoms with Crippen molar-refractivity contribution in [1.29, 1.82) is 0 Å². The van der Waals surface area contributed by atoms with Crippen LogP contribution in [0.25, 0.3) is 11.1 Å². The molecule has 6 heteroatoms. The highest BCUT2D eigenvalue weighted by molar-refractivity contribution is 6.04. The van der Waals surface area contributed by atoms with E-state index in [9.17, 15) is 9.18 Å². The molecule has 0 unspecified atom stereocenters. The van der Waals surface area contributed by atoms with Gasteiger partial charge in [0.2, 0.25) is 0 Å². The van der Waals surface area contributed by atoms with Crippen molar-refractivity contribution in [2.45, 2.75) is 6.92 Å². The van der Waals surface area contributed by atoms with Gasteiger partial charge in [-0.3, -0.25) is 4.79 Å². The maximum Gasteiger partial charge on any atom is 0.321 e. The fraction of sp³-hybridized carbons (Fsp3) is 0.0417. The number of nitrogens with zero attached hydrogens (tertiary/aromatic N) is 2. The number of carbonyl (C=O) groups excluding carboxylic acids is 1. The van der Waals surface area contributed by atoms with E-state index in [0.717, 1.165) is 22.4 Å². The van der Waals surface area contributed by atoms with Gasteiger partial charge in [-0.25, -0.2) is 14.4 Å². The predicted molar refractivity (Wildman–Crippen MR) is 113 cm³/mol. The summed E-state index contributed by atoms with van der Waals surface area (Å²) >= 11 is 0. The van der Waals surface area contributed by atoms with Gasteiger partial charge in [-0.05, 0) is 61.0 Å². The molecule has 0 aliphatic rings. The molecule has 0 saturated heterocycles. The van der Waals surface area contributed by atoms with E-state index < -0.39 is 0 Å². The number of hydrogen-bond acceptors (Lipinski definition) is 4. The number of anilines is 1. The van der Waals surface area contributed by atoms with Gasteiger partial charge in [0.25, 0.3) is 5.91 Å². The van der Waals surface area contributed by atoms with Gasteiger partial charge in [-0.15, -0.1) is 0 Å². The number of halogens is 1. The average Bonchev–Trinajstić information content (AvgIpc) is 2.77. The third-order valence-electron chi connectivity index (χ3n) is 4.44. The predicted octanol–water partition coefficient (Wildman–Crippen LogP) is 5.64. The number of rotatable bonds is 5.